The van der Waals surface area contributed by atoms with Crippen molar-refractivity contribution in [2.45, 2.75) is 11.9 Å². The molecule has 0 aliphatic carbocycles. The van der Waals surface area contributed by atoms with Crippen LogP contribution in [-0.4, -0.2) is 16.8 Å². The molecule has 7 heteroatoms. The summed E-state index contributed by atoms with van der Waals surface area (Å²) >= 11 is 1.16. The maximum Gasteiger partial charge on any atom is 0.251 e. The van der Waals surface area contributed by atoms with Gasteiger partial charge in [-0.2, -0.15) is 4.73 Å². The van der Waals surface area contributed by atoms with Crippen molar-refractivity contribution < 1.29 is 14.0 Å². The average molecular weight is 341 g/mol. The van der Waals surface area contributed by atoms with Crippen molar-refractivity contribution in [1.29, 1.82) is 0 Å². The van der Waals surface area contributed by atoms with Crippen LogP contribution in [0.5, 0.6) is 0 Å². The number of hydrogen-bond donors (Lipinski definition) is 1. The molecular formula is C17H15N3O3S. The Morgan fingerprint density at radius 1 is 1.29 bits per heavy atom. The number of aryl methyl sites for hydroxylation is 1. The van der Waals surface area contributed by atoms with Crippen molar-refractivity contribution >= 4 is 23.6 Å². The van der Waals surface area contributed by atoms with Gasteiger partial charge in [0.25, 0.3) is 5.03 Å². The Morgan fingerprint density at radius 3 is 2.83 bits per heavy atom. The van der Waals surface area contributed by atoms with Crippen LogP contribution >= 0.6 is 11.8 Å². The molecule has 2 aromatic heterocycles. The van der Waals surface area contributed by atoms with E-state index in [1.165, 1.54) is 6.20 Å². The Kier molecular flexibility index (Phi) is 4.81. The molecule has 1 aromatic carbocycles. The molecule has 6 nitrogen and oxygen atoms in total. The maximum atomic E-state index is 12.0. The van der Waals surface area contributed by atoms with E-state index < -0.39 is 0 Å². The summed E-state index contributed by atoms with van der Waals surface area (Å²) in [5.41, 5.74) is 2.72. The lowest BCUT2D eigenvalue weighted by Crippen LogP contribution is -2.28. The largest absolute Gasteiger partial charge is 0.618 e. The lowest BCUT2D eigenvalue weighted by molar-refractivity contribution is -0.645. The van der Waals surface area contributed by atoms with Gasteiger partial charge in [0.1, 0.15) is 5.69 Å². The predicted molar refractivity (Wildman–Crippen MR) is 91.4 cm³/mol. The topological polar surface area (TPSA) is 82.1 Å². The minimum absolute atomic E-state index is 0.104. The van der Waals surface area contributed by atoms with Crippen LogP contribution in [0.4, 0.5) is 5.88 Å². The summed E-state index contributed by atoms with van der Waals surface area (Å²) in [4.78, 5) is 12.0. The highest BCUT2D eigenvalue weighted by atomic mass is 32.2. The van der Waals surface area contributed by atoms with Crippen LogP contribution in [0.2, 0.25) is 0 Å². The Morgan fingerprint density at radius 2 is 2.08 bits per heavy atom. The quantitative estimate of drug-likeness (QED) is 0.438. The van der Waals surface area contributed by atoms with Crippen LogP contribution < -0.4 is 10.0 Å². The standard InChI is InChI=1S/C17H15N3O3S/c1-12-5-7-13(8-6-12)14-10-16(23-19-14)18-15(21)11-24-17-4-2-3-9-20(17)22/h2-10H,11H2,1H3,(H,18,21). The highest BCUT2D eigenvalue weighted by Gasteiger charge is 2.12. The smallest absolute Gasteiger partial charge is 0.251 e. The van der Waals surface area contributed by atoms with Crippen molar-refractivity contribution in [3.8, 4) is 11.3 Å². The number of aromatic nitrogens is 2. The number of carbonyl (C=O) groups excluding carboxylic acids is 1. The van der Waals surface area contributed by atoms with E-state index in [1.807, 2.05) is 31.2 Å². The highest BCUT2D eigenvalue weighted by molar-refractivity contribution is 7.99. The molecule has 122 valence electrons. The summed E-state index contributed by atoms with van der Waals surface area (Å²) in [6.45, 7) is 2.01. The lowest BCUT2D eigenvalue weighted by Gasteiger charge is -2.02. The number of anilines is 1. The SMILES string of the molecule is Cc1ccc(-c2cc(NC(=O)CSc3cccc[n+]3[O-])on2)cc1. The fourth-order valence-electron chi connectivity index (χ4n) is 2.03. The number of rotatable bonds is 5. The van der Waals surface area contributed by atoms with Crippen LogP contribution in [0.3, 0.4) is 0 Å². The monoisotopic (exact) mass is 341 g/mol. The maximum absolute atomic E-state index is 12.0. The first-order valence-electron chi connectivity index (χ1n) is 7.26. The molecule has 3 rings (SSSR count). The molecule has 0 unspecified atom stereocenters. The molecule has 1 amide bonds. The van der Waals surface area contributed by atoms with Gasteiger partial charge < -0.3 is 9.73 Å². The Balaban J connectivity index is 1.59. The minimum atomic E-state index is -0.268. The van der Waals surface area contributed by atoms with Gasteiger partial charge in [-0.25, -0.2) is 0 Å². The number of benzene rings is 1. The van der Waals surface area contributed by atoms with Gasteiger partial charge in [-0.1, -0.05) is 35.0 Å². The molecule has 0 bridgehead atoms. The first-order valence-corrected chi connectivity index (χ1v) is 8.25. The van der Waals surface area contributed by atoms with Gasteiger partial charge in [-0.05, 0) is 24.8 Å². The van der Waals surface area contributed by atoms with E-state index in [9.17, 15) is 10.0 Å². The minimum Gasteiger partial charge on any atom is -0.618 e. The fourth-order valence-corrected chi connectivity index (χ4v) is 2.75. The molecule has 0 fully saturated rings. The molecule has 0 atom stereocenters. The van der Waals surface area contributed by atoms with Crippen LogP contribution in [0.15, 0.2) is 64.3 Å². The number of thioether (sulfide) groups is 1. The van der Waals surface area contributed by atoms with Crippen LogP contribution in [-0.2, 0) is 4.79 Å². The molecule has 2 heterocycles. The molecular weight excluding hydrogens is 326 g/mol. The summed E-state index contributed by atoms with van der Waals surface area (Å²) in [6, 6.07) is 14.6. The average Bonchev–Trinajstić information content (AvgIpc) is 3.03. The Hall–Kier alpha value is -2.80. The second-order valence-corrected chi connectivity index (χ2v) is 6.14. The second kappa shape index (κ2) is 7.18. The van der Waals surface area contributed by atoms with Crippen molar-refractivity contribution in [2.24, 2.45) is 0 Å². The summed E-state index contributed by atoms with van der Waals surface area (Å²) in [6.07, 6.45) is 1.39. The first-order chi connectivity index (χ1) is 11.6. The van der Waals surface area contributed by atoms with Crippen molar-refractivity contribution in [3.63, 3.8) is 0 Å². The van der Waals surface area contributed by atoms with E-state index in [0.29, 0.717) is 10.7 Å². The molecule has 3 aromatic rings. The van der Waals surface area contributed by atoms with E-state index in [1.54, 1.807) is 24.3 Å². The number of hydrogen-bond acceptors (Lipinski definition) is 5. The first kappa shape index (κ1) is 16.1. The van der Waals surface area contributed by atoms with E-state index >= 15 is 0 Å². The number of nitrogens with one attached hydrogen (secondary N) is 1. The van der Waals surface area contributed by atoms with E-state index in [-0.39, 0.29) is 17.5 Å². The zero-order valence-corrected chi connectivity index (χ0v) is 13.7. The number of pyridine rings is 1. The lowest BCUT2D eigenvalue weighted by atomic mass is 10.1. The number of carbonyl (C=O) groups is 1. The van der Waals surface area contributed by atoms with E-state index in [0.717, 1.165) is 27.6 Å². The summed E-state index contributed by atoms with van der Waals surface area (Å²) in [5, 5.41) is 18.6. The third kappa shape index (κ3) is 3.94. The van der Waals surface area contributed by atoms with Crippen molar-refractivity contribution in [1.82, 2.24) is 5.16 Å². The molecule has 0 aliphatic rings. The highest BCUT2D eigenvalue weighted by Crippen LogP contribution is 2.22. The van der Waals surface area contributed by atoms with Gasteiger partial charge in [0.05, 0.1) is 5.75 Å². The number of nitrogens with zero attached hydrogens (tertiary/aromatic N) is 2. The van der Waals surface area contributed by atoms with Gasteiger partial charge in [-0.3, -0.25) is 10.1 Å². The fraction of sp³-hybridized carbons (Fsp3) is 0.118. The van der Waals surface area contributed by atoms with Crippen LogP contribution in [0.25, 0.3) is 11.3 Å². The van der Waals surface area contributed by atoms with Gasteiger partial charge in [-0.15, -0.1) is 0 Å². The molecule has 0 aliphatic heterocycles. The third-order valence-electron chi connectivity index (χ3n) is 3.26. The van der Waals surface area contributed by atoms with Crippen LogP contribution in [0, 0.1) is 12.1 Å². The summed E-state index contributed by atoms with van der Waals surface area (Å²) in [7, 11) is 0. The molecule has 24 heavy (non-hydrogen) atoms. The van der Waals surface area contributed by atoms with Crippen molar-refractivity contribution in [2.75, 3.05) is 11.1 Å². The van der Waals surface area contributed by atoms with E-state index in [4.69, 9.17) is 4.52 Å². The Bertz CT molecular complexity index is 846. The van der Waals surface area contributed by atoms with Gasteiger partial charge in [0, 0.05) is 23.8 Å². The molecule has 0 spiro atoms. The predicted octanol–water partition coefficient (Wildman–Crippen LogP) is 3.01. The second-order valence-electron chi connectivity index (χ2n) is 5.14. The molecule has 0 saturated carbocycles. The molecule has 0 radical (unpaired) electrons. The summed E-state index contributed by atoms with van der Waals surface area (Å²) < 4.78 is 5.86. The number of amides is 1. The zero-order valence-electron chi connectivity index (χ0n) is 12.9. The van der Waals surface area contributed by atoms with Gasteiger partial charge in [0.2, 0.25) is 11.8 Å². The zero-order chi connectivity index (χ0) is 16.9. The van der Waals surface area contributed by atoms with Gasteiger partial charge >= 0.3 is 0 Å². The van der Waals surface area contributed by atoms with Crippen LogP contribution in [0.1, 0.15) is 5.56 Å². The molecule has 1 N–H and O–H groups in total. The third-order valence-corrected chi connectivity index (χ3v) is 4.28. The Labute approximate surface area is 143 Å². The van der Waals surface area contributed by atoms with Gasteiger partial charge in [0.15, 0.2) is 6.20 Å². The summed E-state index contributed by atoms with van der Waals surface area (Å²) in [5.74, 6) is 0.113. The molecule has 0 saturated heterocycles. The van der Waals surface area contributed by atoms with E-state index in [2.05, 4.69) is 10.5 Å². The normalized spacial score (nSPS) is 10.5. The van der Waals surface area contributed by atoms with Crippen molar-refractivity contribution in [3.05, 3.63) is 65.5 Å².